The number of aryl methyl sites for hydroxylation is 1. The molecule has 0 heterocycles. The number of carboxylic acid groups (broad SMARTS) is 1. The van der Waals surface area contributed by atoms with Crippen LogP contribution in [-0.4, -0.2) is 43.4 Å². The summed E-state index contributed by atoms with van der Waals surface area (Å²) < 4.78 is 25.1. The molecule has 0 saturated carbocycles. The lowest BCUT2D eigenvalue weighted by atomic mass is 10.1. The first-order chi connectivity index (χ1) is 14.8. The summed E-state index contributed by atoms with van der Waals surface area (Å²) >= 11 is 0. The maximum Gasteiger partial charge on any atom is 0.305 e. The standard InChI is InChI=1S/C22H27N3O5S/c23-24-15-18-12-10-17(11-13-18)6-4-5-9-21(26)25-19(14-22(27)28)16-31(29,30)20-7-2-1-3-8-20/h1-3,7-8,10-13,15,19H,4-6,9,14,16,23H2,(H,25,26)(H,27,28). The van der Waals surface area contributed by atoms with E-state index in [1.54, 1.807) is 24.4 Å². The van der Waals surface area contributed by atoms with Crippen LogP contribution in [0.3, 0.4) is 0 Å². The predicted octanol–water partition coefficient (Wildman–Crippen LogP) is 2.13. The number of nitrogens with one attached hydrogen (secondary N) is 1. The molecule has 0 aromatic heterocycles. The smallest absolute Gasteiger partial charge is 0.305 e. The van der Waals surface area contributed by atoms with Gasteiger partial charge in [-0.3, -0.25) is 9.59 Å². The molecule has 0 spiro atoms. The van der Waals surface area contributed by atoms with Gasteiger partial charge in [0, 0.05) is 6.42 Å². The van der Waals surface area contributed by atoms with Crippen molar-refractivity contribution >= 4 is 27.9 Å². The number of unbranched alkanes of at least 4 members (excludes halogenated alkanes) is 1. The maximum absolute atomic E-state index is 12.5. The zero-order valence-corrected chi connectivity index (χ0v) is 17.9. The topological polar surface area (TPSA) is 139 Å². The Morgan fingerprint density at radius 3 is 2.35 bits per heavy atom. The van der Waals surface area contributed by atoms with E-state index in [2.05, 4.69) is 10.4 Å². The molecule has 0 fully saturated rings. The molecule has 2 rings (SSSR count). The Bertz CT molecular complexity index is 990. The third kappa shape index (κ3) is 8.59. The number of aliphatic carboxylic acids is 1. The summed E-state index contributed by atoms with van der Waals surface area (Å²) in [7, 11) is -3.71. The molecule has 0 radical (unpaired) electrons. The number of hydrogen-bond acceptors (Lipinski definition) is 6. The van der Waals surface area contributed by atoms with Gasteiger partial charge >= 0.3 is 5.97 Å². The van der Waals surface area contributed by atoms with Crippen molar-refractivity contribution < 1.29 is 23.1 Å². The monoisotopic (exact) mass is 445 g/mol. The highest BCUT2D eigenvalue weighted by Gasteiger charge is 2.24. The number of nitrogens with two attached hydrogens (primary N) is 1. The van der Waals surface area contributed by atoms with Gasteiger partial charge in [0.2, 0.25) is 5.91 Å². The Morgan fingerprint density at radius 1 is 1.06 bits per heavy atom. The zero-order chi connectivity index (χ0) is 22.7. The Kier molecular flexibility index (Phi) is 9.20. The summed E-state index contributed by atoms with van der Waals surface area (Å²) in [5.74, 6) is 3.12. The molecule has 166 valence electrons. The molecule has 1 unspecified atom stereocenters. The summed E-state index contributed by atoms with van der Waals surface area (Å²) in [5.41, 5.74) is 2.02. The van der Waals surface area contributed by atoms with Crippen LogP contribution in [0.15, 0.2) is 64.6 Å². The SMILES string of the molecule is NN=Cc1ccc(CCCCC(=O)NC(CC(=O)O)CS(=O)(=O)c2ccccc2)cc1. The lowest BCUT2D eigenvalue weighted by Gasteiger charge is -2.17. The van der Waals surface area contributed by atoms with Crippen LogP contribution in [0.4, 0.5) is 0 Å². The summed E-state index contributed by atoms with van der Waals surface area (Å²) in [6.07, 6.45) is 3.44. The number of sulfone groups is 1. The van der Waals surface area contributed by atoms with Crippen LogP contribution >= 0.6 is 0 Å². The van der Waals surface area contributed by atoms with Gasteiger partial charge in [0.05, 0.1) is 29.3 Å². The summed E-state index contributed by atoms with van der Waals surface area (Å²) in [4.78, 5) is 23.5. The Labute approximate surface area is 182 Å². The fourth-order valence-electron chi connectivity index (χ4n) is 3.12. The fourth-order valence-corrected chi connectivity index (χ4v) is 4.62. The third-order valence-electron chi connectivity index (χ3n) is 4.63. The molecular formula is C22H27N3O5S. The normalized spacial score (nSPS) is 12.5. The van der Waals surface area contributed by atoms with E-state index in [-0.39, 0.29) is 17.2 Å². The van der Waals surface area contributed by atoms with E-state index in [0.29, 0.717) is 6.42 Å². The van der Waals surface area contributed by atoms with Gasteiger partial charge < -0.3 is 16.3 Å². The minimum Gasteiger partial charge on any atom is -0.481 e. The highest BCUT2D eigenvalue weighted by atomic mass is 32.2. The van der Waals surface area contributed by atoms with Crippen LogP contribution < -0.4 is 11.2 Å². The number of carbonyl (C=O) groups excluding carboxylic acids is 1. The van der Waals surface area contributed by atoms with Crippen LogP contribution in [0.2, 0.25) is 0 Å². The van der Waals surface area contributed by atoms with Crippen molar-refractivity contribution in [1.82, 2.24) is 5.32 Å². The summed E-state index contributed by atoms with van der Waals surface area (Å²) in [6, 6.07) is 14.5. The van der Waals surface area contributed by atoms with Gasteiger partial charge in [0.15, 0.2) is 9.84 Å². The highest BCUT2D eigenvalue weighted by Crippen LogP contribution is 2.13. The van der Waals surface area contributed by atoms with E-state index in [9.17, 15) is 18.0 Å². The second-order valence-corrected chi connectivity index (χ2v) is 9.22. The van der Waals surface area contributed by atoms with E-state index in [4.69, 9.17) is 10.9 Å². The molecule has 2 aromatic carbocycles. The van der Waals surface area contributed by atoms with Crippen molar-refractivity contribution in [3.63, 3.8) is 0 Å². The Hall–Kier alpha value is -3.20. The minimum atomic E-state index is -3.71. The second-order valence-electron chi connectivity index (χ2n) is 7.18. The van der Waals surface area contributed by atoms with Gasteiger partial charge in [-0.25, -0.2) is 8.42 Å². The molecule has 1 atom stereocenters. The van der Waals surface area contributed by atoms with Crippen molar-refractivity contribution in [2.75, 3.05) is 5.75 Å². The van der Waals surface area contributed by atoms with Crippen molar-refractivity contribution in [3.05, 3.63) is 65.7 Å². The number of hydrogen-bond donors (Lipinski definition) is 3. The fraction of sp³-hybridized carbons (Fsp3) is 0.318. The van der Waals surface area contributed by atoms with E-state index in [1.807, 2.05) is 24.3 Å². The molecule has 2 aromatic rings. The van der Waals surface area contributed by atoms with Crippen molar-refractivity contribution in [2.24, 2.45) is 10.9 Å². The number of rotatable bonds is 12. The lowest BCUT2D eigenvalue weighted by Crippen LogP contribution is -2.41. The molecule has 8 nitrogen and oxygen atoms in total. The number of hydrazone groups is 1. The predicted molar refractivity (Wildman–Crippen MR) is 118 cm³/mol. The van der Waals surface area contributed by atoms with Gasteiger partial charge in [-0.1, -0.05) is 42.5 Å². The number of nitrogens with zero attached hydrogens (tertiary/aromatic N) is 1. The van der Waals surface area contributed by atoms with Crippen LogP contribution in [0.25, 0.3) is 0 Å². The van der Waals surface area contributed by atoms with Gasteiger partial charge in [-0.05, 0) is 42.5 Å². The summed E-state index contributed by atoms with van der Waals surface area (Å²) in [5, 5.41) is 15.1. The average Bonchev–Trinajstić information content (AvgIpc) is 2.72. The van der Waals surface area contributed by atoms with E-state index >= 15 is 0 Å². The summed E-state index contributed by atoms with van der Waals surface area (Å²) in [6.45, 7) is 0. The highest BCUT2D eigenvalue weighted by molar-refractivity contribution is 7.91. The van der Waals surface area contributed by atoms with Gasteiger partial charge in [0.1, 0.15) is 0 Å². The van der Waals surface area contributed by atoms with Crippen molar-refractivity contribution in [2.45, 2.75) is 43.0 Å². The molecule has 0 aliphatic rings. The van der Waals surface area contributed by atoms with Crippen LogP contribution in [0.5, 0.6) is 0 Å². The van der Waals surface area contributed by atoms with Crippen molar-refractivity contribution in [3.8, 4) is 0 Å². The lowest BCUT2D eigenvalue weighted by molar-refractivity contribution is -0.137. The molecule has 0 aliphatic heterocycles. The maximum atomic E-state index is 12.5. The number of amides is 1. The van der Waals surface area contributed by atoms with Gasteiger partial charge in [-0.2, -0.15) is 5.10 Å². The molecule has 31 heavy (non-hydrogen) atoms. The quantitative estimate of drug-likeness (QED) is 0.198. The third-order valence-corrected chi connectivity index (χ3v) is 6.46. The van der Waals surface area contributed by atoms with Crippen LogP contribution in [0, 0.1) is 0 Å². The van der Waals surface area contributed by atoms with Gasteiger partial charge in [-0.15, -0.1) is 0 Å². The van der Waals surface area contributed by atoms with E-state index in [0.717, 1.165) is 24.0 Å². The Morgan fingerprint density at radius 2 is 1.74 bits per heavy atom. The van der Waals surface area contributed by atoms with Crippen molar-refractivity contribution in [1.29, 1.82) is 0 Å². The molecule has 0 aliphatic carbocycles. The molecule has 0 saturated heterocycles. The largest absolute Gasteiger partial charge is 0.481 e. The number of carbonyl (C=O) groups is 2. The minimum absolute atomic E-state index is 0.100. The van der Waals surface area contributed by atoms with E-state index in [1.165, 1.54) is 12.1 Å². The van der Waals surface area contributed by atoms with Crippen LogP contribution in [0.1, 0.15) is 36.8 Å². The molecule has 1 amide bonds. The number of benzene rings is 2. The first kappa shape index (κ1) is 24.1. The van der Waals surface area contributed by atoms with Crippen LogP contribution in [-0.2, 0) is 25.8 Å². The molecule has 0 bridgehead atoms. The average molecular weight is 446 g/mol. The van der Waals surface area contributed by atoms with E-state index < -0.39 is 34.0 Å². The number of carboxylic acids is 1. The second kappa shape index (κ2) is 11.8. The first-order valence-electron chi connectivity index (χ1n) is 9.91. The Balaban J connectivity index is 1.84. The first-order valence-corrected chi connectivity index (χ1v) is 11.6. The zero-order valence-electron chi connectivity index (χ0n) is 17.1. The molecule has 4 N–H and O–H groups in total. The molecule has 9 heteroatoms. The van der Waals surface area contributed by atoms with Gasteiger partial charge in [0.25, 0.3) is 0 Å². The molecular weight excluding hydrogens is 418 g/mol.